The average molecular weight is 354 g/mol. The van der Waals surface area contributed by atoms with Gasteiger partial charge in [-0.2, -0.15) is 18.3 Å². The van der Waals surface area contributed by atoms with E-state index in [1.54, 1.807) is 0 Å². The van der Waals surface area contributed by atoms with E-state index in [-0.39, 0.29) is 23.2 Å². The van der Waals surface area contributed by atoms with Gasteiger partial charge >= 0.3 is 6.18 Å². The smallest absolute Gasteiger partial charge is 0.393 e. The van der Waals surface area contributed by atoms with E-state index in [0.717, 1.165) is 17.1 Å². The first-order valence-electron chi connectivity index (χ1n) is 7.90. The minimum absolute atomic E-state index is 0.0762. The number of hydrogen-bond donors (Lipinski definition) is 2. The zero-order chi connectivity index (χ0) is 18.0. The molecule has 1 aromatic carbocycles. The van der Waals surface area contributed by atoms with Crippen LogP contribution in [0.4, 0.5) is 18.9 Å². The molecule has 1 aliphatic carbocycles. The van der Waals surface area contributed by atoms with Gasteiger partial charge in [0.2, 0.25) is 5.91 Å². The van der Waals surface area contributed by atoms with Gasteiger partial charge in [-0.1, -0.05) is 0 Å². The van der Waals surface area contributed by atoms with E-state index >= 15 is 0 Å². The number of carbonyl (C=O) groups is 1. The van der Waals surface area contributed by atoms with Crippen LogP contribution in [0.25, 0.3) is 5.69 Å². The number of aliphatic hydroxyl groups is 1. The van der Waals surface area contributed by atoms with Crippen LogP contribution in [0.3, 0.4) is 0 Å². The van der Waals surface area contributed by atoms with Gasteiger partial charge in [0, 0.05) is 11.6 Å². The van der Waals surface area contributed by atoms with Crippen molar-refractivity contribution in [3.8, 4) is 5.69 Å². The molecule has 25 heavy (non-hydrogen) atoms. The Kier molecular flexibility index (Phi) is 4.76. The highest BCUT2D eigenvalue weighted by molar-refractivity contribution is 5.92. The zero-order valence-electron chi connectivity index (χ0n) is 13.2. The molecule has 0 unspecified atom stereocenters. The summed E-state index contributed by atoms with van der Waals surface area (Å²) in [6, 6.07) is 3.55. The second-order valence-corrected chi connectivity index (χ2v) is 6.06. The average Bonchev–Trinajstić information content (AvgIpc) is 3.09. The van der Waals surface area contributed by atoms with Crippen molar-refractivity contribution < 1.29 is 23.1 Å². The molecule has 1 amide bonds. The summed E-state index contributed by atoms with van der Waals surface area (Å²) in [5, 5.41) is 15.7. The number of aromatic nitrogens is 3. The Hall–Kier alpha value is -2.42. The van der Waals surface area contributed by atoms with Crippen LogP contribution in [-0.4, -0.2) is 31.9 Å². The van der Waals surface area contributed by atoms with Crippen molar-refractivity contribution in [2.24, 2.45) is 5.92 Å². The first-order chi connectivity index (χ1) is 11.8. The fourth-order valence-corrected chi connectivity index (χ4v) is 2.96. The van der Waals surface area contributed by atoms with Crippen LogP contribution in [0.1, 0.15) is 31.2 Å². The second kappa shape index (κ2) is 6.83. The molecule has 1 saturated carbocycles. The highest BCUT2D eigenvalue weighted by atomic mass is 19.4. The van der Waals surface area contributed by atoms with Crippen LogP contribution < -0.4 is 5.32 Å². The SMILES string of the molecule is O=C(Nc1ccc(-n2cncn2)c(C(F)(F)F)c1)C1CCC(O)CC1. The van der Waals surface area contributed by atoms with Gasteiger partial charge < -0.3 is 10.4 Å². The summed E-state index contributed by atoms with van der Waals surface area (Å²) in [4.78, 5) is 15.9. The number of carbonyl (C=O) groups excluding carboxylic acids is 1. The number of hydrogen-bond acceptors (Lipinski definition) is 4. The first kappa shape index (κ1) is 17.4. The summed E-state index contributed by atoms with van der Waals surface area (Å²) in [6.45, 7) is 0. The Bertz CT molecular complexity index is 738. The van der Waals surface area contributed by atoms with Gasteiger partial charge in [-0.05, 0) is 43.9 Å². The van der Waals surface area contributed by atoms with Crippen LogP contribution in [0.5, 0.6) is 0 Å². The quantitative estimate of drug-likeness (QED) is 0.888. The lowest BCUT2D eigenvalue weighted by molar-refractivity contribution is -0.137. The highest BCUT2D eigenvalue weighted by Gasteiger charge is 2.35. The number of nitrogens with one attached hydrogen (secondary N) is 1. The summed E-state index contributed by atoms with van der Waals surface area (Å²) in [5.74, 6) is -0.624. The molecule has 6 nitrogen and oxygen atoms in total. The Morgan fingerprint density at radius 2 is 1.96 bits per heavy atom. The van der Waals surface area contributed by atoms with Crippen LogP contribution in [-0.2, 0) is 11.0 Å². The number of nitrogens with zero attached hydrogens (tertiary/aromatic N) is 3. The maximum Gasteiger partial charge on any atom is 0.418 e. The summed E-state index contributed by atoms with van der Waals surface area (Å²) in [5.41, 5.74) is -0.994. The Balaban J connectivity index is 1.82. The predicted molar refractivity (Wildman–Crippen MR) is 83.0 cm³/mol. The molecule has 2 aromatic rings. The summed E-state index contributed by atoms with van der Waals surface area (Å²) >= 11 is 0. The molecule has 1 heterocycles. The summed E-state index contributed by atoms with van der Waals surface area (Å²) in [7, 11) is 0. The zero-order valence-corrected chi connectivity index (χ0v) is 13.2. The van der Waals surface area contributed by atoms with Crippen LogP contribution in [0.2, 0.25) is 0 Å². The molecule has 0 aliphatic heterocycles. The maximum atomic E-state index is 13.4. The molecule has 0 bridgehead atoms. The molecule has 0 atom stereocenters. The Morgan fingerprint density at radius 3 is 2.56 bits per heavy atom. The first-order valence-corrected chi connectivity index (χ1v) is 7.90. The molecule has 9 heteroatoms. The van der Waals surface area contributed by atoms with Crippen molar-refractivity contribution in [3.05, 3.63) is 36.4 Å². The third-order valence-electron chi connectivity index (χ3n) is 4.30. The number of benzene rings is 1. The van der Waals surface area contributed by atoms with Crippen molar-refractivity contribution in [1.82, 2.24) is 14.8 Å². The number of amides is 1. The van der Waals surface area contributed by atoms with E-state index < -0.39 is 17.8 Å². The summed E-state index contributed by atoms with van der Waals surface area (Å²) in [6.07, 6.45) is -0.580. The molecule has 134 valence electrons. The second-order valence-electron chi connectivity index (χ2n) is 6.06. The molecule has 1 fully saturated rings. The normalized spacial score (nSPS) is 21.1. The van der Waals surface area contributed by atoms with E-state index in [1.165, 1.54) is 18.5 Å². The number of anilines is 1. The molecule has 0 spiro atoms. The van der Waals surface area contributed by atoms with Crippen molar-refractivity contribution in [3.63, 3.8) is 0 Å². The number of aliphatic hydroxyl groups excluding tert-OH is 1. The van der Waals surface area contributed by atoms with Gasteiger partial charge in [-0.15, -0.1) is 0 Å². The van der Waals surface area contributed by atoms with E-state index in [2.05, 4.69) is 15.4 Å². The van der Waals surface area contributed by atoms with E-state index in [0.29, 0.717) is 25.7 Å². The Morgan fingerprint density at radius 1 is 1.24 bits per heavy atom. The molecular weight excluding hydrogens is 337 g/mol. The third kappa shape index (κ3) is 3.98. The van der Waals surface area contributed by atoms with Crippen LogP contribution in [0.15, 0.2) is 30.9 Å². The van der Waals surface area contributed by atoms with Gasteiger partial charge in [-0.3, -0.25) is 4.79 Å². The number of rotatable bonds is 3. The van der Waals surface area contributed by atoms with Gasteiger partial charge in [0.1, 0.15) is 12.7 Å². The number of halogens is 3. The van der Waals surface area contributed by atoms with E-state index in [4.69, 9.17) is 0 Å². The largest absolute Gasteiger partial charge is 0.418 e. The standard InChI is InChI=1S/C16H17F3N4O2/c17-16(18,19)13-7-11(3-6-14(13)23-9-20-8-21-23)22-15(25)10-1-4-12(24)5-2-10/h3,6-10,12,24H,1-2,4-5H2,(H,22,25). The van der Waals surface area contributed by atoms with E-state index in [1.807, 2.05) is 0 Å². The molecule has 1 aromatic heterocycles. The molecule has 0 radical (unpaired) electrons. The van der Waals surface area contributed by atoms with Crippen molar-refractivity contribution in [2.45, 2.75) is 38.0 Å². The van der Waals surface area contributed by atoms with Crippen molar-refractivity contribution in [2.75, 3.05) is 5.32 Å². The minimum Gasteiger partial charge on any atom is -0.393 e. The Labute approximate surface area is 141 Å². The third-order valence-corrected chi connectivity index (χ3v) is 4.30. The molecule has 3 rings (SSSR count). The fourth-order valence-electron chi connectivity index (χ4n) is 2.96. The lowest BCUT2D eigenvalue weighted by Crippen LogP contribution is -2.28. The highest BCUT2D eigenvalue weighted by Crippen LogP contribution is 2.35. The maximum absolute atomic E-state index is 13.4. The minimum atomic E-state index is -4.60. The molecular formula is C16H17F3N4O2. The van der Waals surface area contributed by atoms with Crippen LogP contribution >= 0.6 is 0 Å². The van der Waals surface area contributed by atoms with Gasteiger partial charge in [0.05, 0.1) is 17.4 Å². The molecule has 1 aliphatic rings. The lowest BCUT2D eigenvalue weighted by Gasteiger charge is -2.24. The van der Waals surface area contributed by atoms with Gasteiger partial charge in [-0.25, -0.2) is 9.67 Å². The monoisotopic (exact) mass is 354 g/mol. The van der Waals surface area contributed by atoms with Crippen LogP contribution in [0, 0.1) is 5.92 Å². The van der Waals surface area contributed by atoms with Crippen molar-refractivity contribution >= 4 is 11.6 Å². The lowest BCUT2D eigenvalue weighted by atomic mass is 9.87. The predicted octanol–water partition coefficient (Wildman–Crippen LogP) is 2.78. The van der Waals surface area contributed by atoms with Crippen molar-refractivity contribution in [1.29, 1.82) is 0 Å². The topological polar surface area (TPSA) is 80.0 Å². The van der Waals surface area contributed by atoms with Gasteiger partial charge in [0.25, 0.3) is 0 Å². The molecule has 2 N–H and O–H groups in total. The van der Waals surface area contributed by atoms with E-state index in [9.17, 15) is 23.1 Å². The fraction of sp³-hybridized carbons (Fsp3) is 0.438. The summed E-state index contributed by atoms with van der Waals surface area (Å²) < 4.78 is 41.1. The number of alkyl halides is 3. The van der Waals surface area contributed by atoms with Gasteiger partial charge in [0.15, 0.2) is 0 Å². The molecule has 0 saturated heterocycles.